The molecular formula is C14H20FN3O. The molecule has 1 fully saturated rings. The summed E-state index contributed by atoms with van der Waals surface area (Å²) in [7, 11) is 2.04. The normalized spacial score (nSPS) is 21.2. The average Bonchev–Trinajstić information content (AvgIpc) is 2.53. The molecule has 2 N–H and O–H groups in total. The van der Waals surface area contributed by atoms with Crippen LogP contribution in [0.5, 0.6) is 0 Å². The third-order valence-corrected chi connectivity index (χ3v) is 3.59. The number of halogens is 1. The van der Waals surface area contributed by atoms with Crippen molar-refractivity contribution in [3.05, 3.63) is 29.6 Å². The Morgan fingerprint density at radius 3 is 2.89 bits per heavy atom. The summed E-state index contributed by atoms with van der Waals surface area (Å²) in [6.07, 6.45) is 0.918. The van der Waals surface area contributed by atoms with E-state index in [1.807, 2.05) is 14.0 Å². The molecule has 1 unspecified atom stereocenters. The summed E-state index contributed by atoms with van der Waals surface area (Å²) in [4.78, 5) is 16.5. The fourth-order valence-corrected chi connectivity index (χ4v) is 2.55. The topological polar surface area (TPSA) is 49.6 Å². The lowest BCUT2D eigenvalue weighted by molar-refractivity contribution is 0.0697. The van der Waals surface area contributed by atoms with Gasteiger partial charge >= 0.3 is 0 Å². The molecule has 1 saturated heterocycles. The van der Waals surface area contributed by atoms with Gasteiger partial charge < -0.3 is 15.5 Å². The number of anilines is 1. The molecule has 1 aliphatic rings. The molecule has 1 amide bonds. The maximum Gasteiger partial charge on any atom is 0.256 e. The van der Waals surface area contributed by atoms with Gasteiger partial charge in [-0.2, -0.15) is 0 Å². The molecule has 5 heteroatoms. The van der Waals surface area contributed by atoms with Gasteiger partial charge in [-0.15, -0.1) is 0 Å². The van der Waals surface area contributed by atoms with Crippen molar-refractivity contribution in [3.63, 3.8) is 0 Å². The predicted octanol–water partition coefficient (Wildman–Crippen LogP) is 1.57. The van der Waals surface area contributed by atoms with Gasteiger partial charge in [-0.3, -0.25) is 4.79 Å². The Hall–Kier alpha value is -1.62. The Labute approximate surface area is 113 Å². The van der Waals surface area contributed by atoms with Gasteiger partial charge in [0.2, 0.25) is 0 Å². The van der Waals surface area contributed by atoms with Crippen molar-refractivity contribution in [1.29, 1.82) is 0 Å². The largest absolute Gasteiger partial charge is 0.396 e. The Morgan fingerprint density at radius 1 is 1.42 bits per heavy atom. The van der Waals surface area contributed by atoms with Crippen LogP contribution in [0.2, 0.25) is 0 Å². The van der Waals surface area contributed by atoms with Crippen molar-refractivity contribution in [3.8, 4) is 0 Å². The minimum Gasteiger partial charge on any atom is -0.396 e. The molecule has 0 aliphatic carbocycles. The lowest BCUT2D eigenvalue weighted by Crippen LogP contribution is -2.42. The number of hydrogen-bond donors (Lipinski definition) is 1. The van der Waals surface area contributed by atoms with E-state index in [1.165, 1.54) is 12.1 Å². The summed E-state index contributed by atoms with van der Waals surface area (Å²) in [5, 5.41) is 0. The highest BCUT2D eigenvalue weighted by atomic mass is 19.1. The Bertz CT molecular complexity index is 478. The van der Waals surface area contributed by atoms with Crippen molar-refractivity contribution < 1.29 is 9.18 Å². The van der Waals surface area contributed by atoms with Gasteiger partial charge in [0.05, 0.1) is 11.3 Å². The second kappa shape index (κ2) is 5.57. The van der Waals surface area contributed by atoms with Crippen LogP contribution in [0.4, 0.5) is 10.1 Å². The van der Waals surface area contributed by atoms with E-state index in [2.05, 4.69) is 4.90 Å². The molecule has 1 atom stereocenters. The van der Waals surface area contributed by atoms with E-state index in [1.54, 1.807) is 11.0 Å². The third kappa shape index (κ3) is 2.87. The molecule has 4 nitrogen and oxygen atoms in total. The predicted molar refractivity (Wildman–Crippen MR) is 73.4 cm³/mol. The molecule has 0 aromatic heterocycles. The second-order valence-corrected chi connectivity index (χ2v) is 5.16. The zero-order valence-electron chi connectivity index (χ0n) is 11.4. The van der Waals surface area contributed by atoms with E-state index in [9.17, 15) is 9.18 Å². The second-order valence-electron chi connectivity index (χ2n) is 5.16. The maximum atomic E-state index is 13.4. The number of carbonyl (C=O) groups is 1. The van der Waals surface area contributed by atoms with Crippen LogP contribution >= 0.6 is 0 Å². The number of nitrogens with two attached hydrogens (primary N) is 1. The van der Waals surface area contributed by atoms with Gasteiger partial charge in [-0.1, -0.05) is 6.07 Å². The van der Waals surface area contributed by atoms with Crippen molar-refractivity contribution in [2.75, 3.05) is 32.4 Å². The van der Waals surface area contributed by atoms with Crippen LogP contribution < -0.4 is 5.73 Å². The molecular weight excluding hydrogens is 245 g/mol. The summed E-state index contributed by atoms with van der Waals surface area (Å²) in [6, 6.07) is 4.48. The number of amides is 1. The summed E-state index contributed by atoms with van der Waals surface area (Å²) in [5.74, 6) is -0.717. The Morgan fingerprint density at radius 2 is 2.16 bits per heavy atom. The zero-order valence-corrected chi connectivity index (χ0v) is 11.4. The van der Waals surface area contributed by atoms with Gasteiger partial charge in [0, 0.05) is 19.1 Å². The molecule has 0 spiro atoms. The molecule has 1 aromatic carbocycles. The van der Waals surface area contributed by atoms with Crippen molar-refractivity contribution in [2.45, 2.75) is 19.4 Å². The number of nitrogens with zero attached hydrogens (tertiary/aromatic N) is 2. The molecule has 1 aromatic rings. The number of benzene rings is 1. The monoisotopic (exact) mass is 265 g/mol. The SMILES string of the molecule is CC1CN(C)CCCN1C(=O)c1cccc(F)c1N. The first-order chi connectivity index (χ1) is 9.00. The molecule has 1 heterocycles. The van der Waals surface area contributed by atoms with E-state index < -0.39 is 5.82 Å². The lowest BCUT2D eigenvalue weighted by Gasteiger charge is -2.28. The molecule has 0 saturated carbocycles. The highest BCUT2D eigenvalue weighted by Crippen LogP contribution is 2.20. The minimum absolute atomic E-state index is 0.0581. The number of rotatable bonds is 1. The van der Waals surface area contributed by atoms with Crippen molar-refractivity contribution in [1.82, 2.24) is 9.80 Å². The first-order valence-electron chi connectivity index (χ1n) is 6.54. The molecule has 2 rings (SSSR count). The quantitative estimate of drug-likeness (QED) is 0.784. The summed E-state index contributed by atoms with van der Waals surface area (Å²) >= 11 is 0. The average molecular weight is 265 g/mol. The van der Waals surface area contributed by atoms with Gasteiger partial charge in [0.1, 0.15) is 5.82 Å². The van der Waals surface area contributed by atoms with Crippen LogP contribution in [0, 0.1) is 5.82 Å². The van der Waals surface area contributed by atoms with Crippen LogP contribution in [0.15, 0.2) is 18.2 Å². The Kier molecular flexibility index (Phi) is 4.04. The van der Waals surface area contributed by atoms with Crippen LogP contribution in [-0.4, -0.2) is 48.4 Å². The fraction of sp³-hybridized carbons (Fsp3) is 0.500. The van der Waals surface area contributed by atoms with Crippen molar-refractivity contribution in [2.24, 2.45) is 0 Å². The van der Waals surface area contributed by atoms with E-state index in [4.69, 9.17) is 5.73 Å². The number of hydrogen-bond acceptors (Lipinski definition) is 3. The molecule has 0 bridgehead atoms. The number of nitrogen functional groups attached to an aromatic ring is 1. The third-order valence-electron chi connectivity index (χ3n) is 3.59. The first-order valence-corrected chi connectivity index (χ1v) is 6.54. The molecule has 104 valence electrons. The van der Waals surface area contributed by atoms with Gasteiger partial charge in [0.15, 0.2) is 0 Å². The Balaban J connectivity index is 2.25. The van der Waals surface area contributed by atoms with E-state index in [0.29, 0.717) is 6.54 Å². The number of para-hydroxylation sites is 1. The van der Waals surface area contributed by atoms with E-state index in [0.717, 1.165) is 19.5 Å². The van der Waals surface area contributed by atoms with E-state index in [-0.39, 0.29) is 23.2 Å². The maximum absolute atomic E-state index is 13.4. The molecule has 19 heavy (non-hydrogen) atoms. The lowest BCUT2D eigenvalue weighted by atomic mass is 10.1. The highest BCUT2D eigenvalue weighted by Gasteiger charge is 2.26. The summed E-state index contributed by atoms with van der Waals surface area (Å²) in [6.45, 7) is 4.48. The minimum atomic E-state index is -0.537. The first kappa shape index (κ1) is 13.8. The molecule has 1 aliphatic heterocycles. The number of carbonyl (C=O) groups excluding carboxylic acids is 1. The standard InChI is InChI=1S/C14H20FN3O/c1-10-9-17(2)7-4-8-18(10)14(19)11-5-3-6-12(15)13(11)16/h3,5-6,10H,4,7-9,16H2,1-2H3. The van der Waals surface area contributed by atoms with Gasteiger partial charge in [0.25, 0.3) is 5.91 Å². The van der Waals surface area contributed by atoms with Crippen LogP contribution in [-0.2, 0) is 0 Å². The highest BCUT2D eigenvalue weighted by molar-refractivity contribution is 5.99. The summed E-state index contributed by atoms with van der Waals surface area (Å²) in [5.41, 5.74) is 5.87. The van der Waals surface area contributed by atoms with Crippen LogP contribution in [0.1, 0.15) is 23.7 Å². The fourth-order valence-electron chi connectivity index (χ4n) is 2.55. The molecule has 0 radical (unpaired) electrons. The zero-order chi connectivity index (χ0) is 14.0. The van der Waals surface area contributed by atoms with Crippen LogP contribution in [0.3, 0.4) is 0 Å². The smallest absolute Gasteiger partial charge is 0.256 e. The number of likely N-dealkylation sites (N-methyl/N-ethyl adjacent to an activating group) is 1. The van der Waals surface area contributed by atoms with Gasteiger partial charge in [-0.05, 0) is 39.1 Å². The van der Waals surface area contributed by atoms with Gasteiger partial charge in [-0.25, -0.2) is 4.39 Å². The summed E-state index contributed by atoms with van der Waals surface area (Å²) < 4.78 is 13.4. The van der Waals surface area contributed by atoms with E-state index >= 15 is 0 Å². The van der Waals surface area contributed by atoms with Crippen LogP contribution in [0.25, 0.3) is 0 Å². The van der Waals surface area contributed by atoms with Crippen molar-refractivity contribution >= 4 is 11.6 Å².